The molecule has 1 amide bonds. The van der Waals surface area contributed by atoms with Gasteiger partial charge in [-0.15, -0.1) is 0 Å². The third-order valence-corrected chi connectivity index (χ3v) is 6.40. The fourth-order valence-corrected chi connectivity index (χ4v) is 5.25. The summed E-state index contributed by atoms with van der Waals surface area (Å²) in [4.78, 5) is 12.1. The van der Waals surface area contributed by atoms with Crippen molar-refractivity contribution in [2.45, 2.75) is 5.75 Å². The number of nitrogens with zero attached hydrogens (tertiary/aromatic N) is 2. The summed E-state index contributed by atoms with van der Waals surface area (Å²) >= 11 is 11.8. The Morgan fingerprint density at radius 2 is 1.86 bits per heavy atom. The number of sulfonamides is 1. The van der Waals surface area contributed by atoms with Gasteiger partial charge < -0.3 is 10.0 Å². The van der Waals surface area contributed by atoms with Gasteiger partial charge in [-0.25, -0.2) is 17.5 Å². The summed E-state index contributed by atoms with van der Waals surface area (Å²) in [7, 11) is -3.46. The van der Waals surface area contributed by atoms with Crippen molar-refractivity contribution >= 4 is 39.3 Å². The molecule has 2 saturated heterocycles. The smallest absolute Gasteiger partial charge is 0.407 e. The minimum atomic E-state index is -3.46. The Balaban J connectivity index is 1.63. The Bertz CT molecular complexity index is 724. The van der Waals surface area contributed by atoms with E-state index < -0.39 is 16.1 Å². The summed E-state index contributed by atoms with van der Waals surface area (Å²) in [5.41, 5.74) is 0.308. The van der Waals surface area contributed by atoms with E-state index in [4.69, 9.17) is 28.3 Å². The van der Waals surface area contributed by atoms with E-state index in [1.807, 2.05) is 0 Å². The monoisotopic (exact) mass is 364 g/mol. The first-order valence-electron chi connectivity index (χ1n) is 6.60. The van der Waals surface area contributed by atoms with E-state index in [1.165, 1.54) is 15.3 Å². The van der Waals surface area contributed by atoms with E-state index in [0.717, 1.165) is 0 Å². The number of likely N-dealkylation sites (tertiary alicyclic amines) is 1. The molecule has 9 heteroatoms. The lowest BCUT2D eigenvalue weighted by Gasteiger charge is -2.58. The van der Waals surface area contributed by atoms with Crippen LogP contribution in [0.25, 0.3) is 0 Å². The van der Waals surface area contributed by atoms with Crippen LogP contribution in [-0.2, 0) is 15.8 Å². The van der Waals surface area contributed by atoms with Crippen LogP contribution < -0.4 is 0 Å². The third kappa shape index (κ3) is 2.78. The van der Waals surface area contributed by atoms with Crippen LogP contribution in [0.3, 0.4) is 0 Å². The maximum atomic E-state index is 12.4. The Labute approximate surface area is 138 Å². The van der Waals surface area contributed by atoms with E-state index in [1.54, 1.807) is 12.1 Å². The number of benzene rings is 1. The largest absolute Gasteiger partial charge is 0.465 e. The Kier molecular flexibility index (Phi) is 3.79. The Morgan fingerprint density at radius 1 is 1.23 bits per heavy atom. The second-order valence-corrected chi connectivity index (χ2v) is 8.71. The molecule has 1 aromatic carbocycles. The molecule has 0 saturated carbocycles. The van der Waals surface area contributed by atoms with Crippen molar-refractivity contribution in [2.75, 3.05) is 26.2 Å². The van der Waals surface area contributed by atoms with Crippen molar-refractivity contribution in [1.29, 1.82) is 0 Å². The molecule has 0 aliphatic carbocycles. The first-order chi connectivity index (χ1) is 10.2. The first-order valence-corrected chi connectivity index (χ1v) is 8.97. The Hall–Kier alpha value is -1.02. The molecular weight excluding hydrogens is 351 g/mol. The minimum Gasteiger partial charge on any atom is -0.465 e. The number of carboxylic acid groups (broad SMARTS) is 1. The molecular formula is C13H14Cl2N2O4S. The van der Waals surface area contributed by atoms with Crippen molar-refractivity contribution in [3.8, 4) is 0 Å². The minimum absolute atomic E-state index is 0.179. The van der Waals surface area contributed by atoms with Gasteiger partial charge in [-0.3, -0.25) is 0 Å². The van der Waals surface area contributed by atoms with Crippen LogP contribution in [0.15, 0.2) is 18.2 Å². The second-order valence-electron chi connectivity index (χ2n) is 5.90. The molecule has 0 aromatic heterocycles. The molecule has 2 heterocycles. The lowest BCUT2D eigenvalue weighted by Crippen LogP contribution is -2.73. The normalized spacial score (nSPS) is 20.5. The van der Waals surface area contributed by atoms with Gasteiger partial charge in [-0.2, -0.15) is 0 Å². The molecule has 0 unspecified atom stereocenters. The third-order valence-electron chi connectivity index (χ3n) is 4.09. The molecule has 120 valence electrons. The zero-order valence-electron chi connectivity index (χ0n) is 11.5. The van der Waals surface area contributed by atoms with Crippen molar-refractivity contribution < 1.29 is 18.3 Å². The maximum Gasteiger partial charge on any atom is 0.407 e. The fraction of sp³-hybridized carbons (Fsp3) is 0.462. The summed E-state index contributed by atoms with van der Waals surface area (Å²) in [6.07, 6.45) is -0.958. The zero-order valence-corrected chi connectivity index (χ0v) is 13.8. The highest BCUT2D eigenvalue weighted by Gasteiger charge is 2.56. The van der Waals surface area contributed by atoms with E-state index in [2.05, 4.69) is 0 Å². The number of hydrogen-bond acceptors (Lipinski definition) is 3. The topological polar surface area (TPSA) is 77.9 Å². The number of halogens is 2. The molecule has 1 spiro atoms. The molecule has 1 N–H and O–H groups in total. The molecule has 2 aliphatic rings. The number of amides is 1. The van der Waals surface area contributed by atoms with Gasteiger partial charge in [0.15, 0.2) is 0 Å². The highest BCUT2D eigenvalue weighted by molar-refractivity contribution is 7.88. The van der Waals surface area contributed by atoms with Crippen molar-refractivity contribution in [1.82, 2.24) is 9.21 Å². The highest BCUT2D eigenvalue weighted by Crippen LogP contribution is 2.41. The predicted octanol–water partition coefficient (Wildman–Crippen LogP) is 2.12. The Morgan fingerprint density at radius 3 is 2.41 bits per heavy atom. The standard InChI is InChI=1S/C13H14Cl2N2O4S/c14-10-2-1-9(11(15)3-10)4-22(20,21)17-7-13(8-17)5-16(6-13)12(18)19/h1-3H,4-8H2,(H,18,19). The summed E-state index contributed by atoms with van der Waals surface area (Å²) in [6.45, 7) is 1.53. The van der Waals surface area contributed by atoms with Gasteiger partial charge in [0, 0.05) is 41.6 Å². The summed E-state index contributed by atoms with van der Waals surface area (Å²) in [5, 5.41) is 9.61. The van der Waals surface area contributed by atoms with Crippen molar-refractivity contribution in [3.05, 3.63) is 33.8 Å². The molecule has 3 rings (SSSR count). The SMILES string of the molecule is O=C(O)N1CC2(C1)CN(S(=O)(=O)Cc1ccc(Cl)cc1Cl)C2. The lowest BCUT2D eigenvalue weighted by molar-refractivity contribution is -0.0664. The highest BCUT2D eigenvalue weighted by atomic mass is 35.5. The molecule has 6 nitrogen and oxygen atoms in total. The summed E-state index contributed by atoms with van der Waals surface area (Å²) < 4.78 is 26.1. The number of rotatable bonds is 3. The van der Waals surface area contributed by atoms with Crippen molar-refractivity contribution in [2.24, 2.45) is 5.41 Å². The molecule has 0 bridgehead atoms. The van der Waals surface area contributed by atoms with E-state index in [-0.39, 0.29) is 11.2 Å². The van der Waals surface area contributed by atoms with Gasteiger partial charge in [0.2, 0.25) is 10.0 Å². The van der Waals surface area contributed by atoms with Crippen LogP contribution >= 0.6 is 23.2 Å². The van der Waals surface area contributed by atoms with Crippen LogP contribution in [-0.4, -0.2) is 55.0 Å². The van der Waals surface area contributed by atoms with Gasteiger partial charge in [0.1, 0.15) is 0 Å². The van der Waals surface area contributed by atoms with Gasteiger partial charge >= 0.3 is 6.09 Å². The average molecular weight is 365 g/mol. The lowest BCUT2D eigenvalue weighted by atomic mass is 9.75. The van der Waals surface area contributed by atoms with E-state index in [9.17, 15) is 13.2 Å². The number of carbonyl (C=O) groups is 1. The molecule has 0 atom stereocenters. The van der Waals surface area contributed by atoms with Gasteiger partial charge in [-0.05, 0) is 17.7 Å². The molecule has 2 fully saturated rings. The second kappa shape index (κ2) is 5.26. The number of hydrogen-bond donors (Lipinski definition) is 1. The summed E-state index contributed by atoms with van der Waals surface area (Å²) in [6, 6.07) is 4.72. The van der Waals surface area contributed by atoms with Crippen LogP contribution in [0.2, 0.25) is 10.0 Å². The zero-order chi connectivity index (χ0) is 16.1. The van der Waals surface area contributed by atoms with Gasteiger partial charge in [0.05, 0.1) is 5.75 Å². The van der Waals surface area contributed by atoms with Crippen LogP contribution in [0.4, 0.5) is 4.79 Å². The van der Waals surface area contributed by atoms with Crippen molar-refractivity contribution in [3.63, 3.8) is 0 Å². The van der Waals surface area contributed by atoms with Gasteiger partial charge in [-0.1, -0.05) is 29.3 Å². The van der Waals surface area contributed by atoms with E-state index >= 15 is 0 Å². The quantitative estimate of drug-likeness (QED) is 0.890. The van der Waals surface area contributed by atoms with Gasteiger partial charge in [0.25, 0.3) is 0 Å². The first kappa shape index (κ1) is 15.9. The van der Waals surface area contributed by atoms with E-state index in [0.29, 0.717) is 41.8 Å². The maximum absolute atomic E-state index is 12.4. The van der Waals surface area contributed by atoms with Crippen LogP contribution in [0.5, 0.6) is 0 Å². The van der Waals surface area contributed by atoms with Crippen LogP contribution in [0, 0.1) is 5.41 Å². The predicted molar refractivity (Wildman–Crippen MR) is 82.7 cm³/mol. The average Bonchev–Trinajstić information content (AvgIpc) is 2.28. The van der Waals surface area contributed by atoms with Crippen LogP contribution in [0.1, 0.15) is 5.56 Å². The molecule has 22 heavy (non-hydrogen) atoms. The molecule has 1 aromatic rings. The fourth-order valence-electron chi connectivity index (χ4n) is 2.92. The summed E-state index contributed by atoms with van der Waals surface area (Å²) in [5.74, 6) is -0.179. The molecule has 0 radical (unpaired) electrons. The molecule has 2 aliphatic heterocycles.